The van der Waals surface area contributed by atoms with Gasteiger partial charge in [-0.25, -0.2) is 0 Å². The summed E-state index contributed by atoms with van der Waals surface area (Å²) in [4.78, 5) is 4.75. The normalized spacial score (nSPS) is 20.5. The second kappa shape index (κ2) is 6.19. The molecule has 1 aromatic rings. The number of rotatable bonds is 4. The summed E-state index contributed by atoms with van der Waals surface area (Å²) in [6.45, 7) is 2.76. The smallest absolute Gasteiger partial charge is 0.136 e. The van der Waals surface area contributed by atoms with Crippen molar-refractivity contribution in [3.63, 3.8) is 0 Å². The van der Waals surface area contributed by atoms with E-state index in [4.69, 9.17) is 10.2 Å². The molecule has 1 aliphatic rings. The highest BCUT2D eigenvalue weighted by Crippen LogP contribution is 2.30. The minimum Gasteiger partial charge on any atom is -0.466 e. The summed E-state index contributed by atoms with van der Waals surface area (Å²) in [6.07, 6.45) is 4.11. The summed E-state index contributed by atoms with van der Waals surface area (Å²) in [5, 5.41) is 0. The van der Waals surface area contributed by atoms with Gasteiger partial charge in [-0.05, 0) is 48.9 Å². The first-order valence-electron chi connectivity index (χ1n) is 6.47. The van der Waals surface area contributed by atoms with Gasteiger partial charge in [0.25, 0.3) is 0 Å². The summed E-state index contributed by atoms with van der Waals surface area (Å²) in [6, 6.07) is 2.82. The Balaban J connectivity index is 2.01. The Morgan fingerprint density at radius 3 is 2.61 bits per heavy atom. The maximum atomic E-state index is 5.93. The number of halogens is 1. The maximum absolute atomic E-state index is 5.93. The largest absolute Gasteiger partial charge is 0.466 e. The van der Waals surface area contributed by atoms with Crippen LogP contribution in [0.1, 0.15) is 24.6 Å². The highest BCUT2D eigenvalue weighted by atomic mass is 79.9. The SMILES string of the molecule is CN(C)C1CCN(C(CN)c2occc2Br)CC1. The van der Waals surface area contributed by atoms with E-state index in [0.29, 0.717) is 12.6 Å². The molecule has 1 saturated heterocycles. The molecule has 0 radical (unpaired) electrons. The van der Waals surface area contributed by atoms with Gasteiger partial charge in [0, 0.05) is 25.7 Å². The lowest BCUT2D eigenvalue weighted by atomic mass is 10.0. The molecule has 18 heavy (non-hydrogen) atoms. The Kier molecular flexibility index (Phi) is 4.84. The van der Waals surface area contributed by atoms with Crippen molar-refractivity contribution >= 4 is 15.9 Å². The van der Waals surface area contributed by atoms with Gasteiger partial charge in [0.2, 0.25) is 0 Å². The number of furan rings is 1. The summed E-state index contributed by atoms with van der Waals surface area (Å²) in [5.74, 6) is 0.959. The third-order valence-electron chi connectivity index (χ3n) is 3.84. The van der Waals surface area contributed by atoms with E-state index in [9.17, 15) is 0 Å². The molecule has 1 fully saturated rings. The van der Waals surface area contributed by atoms with Crippen LogP contribution in [0.5, 0.6) is 0 Å². The molecule has 2 rings (SSSR count). The first kappa shape index (κ1) is 14.1. The molecule has 1 unspecified atom stereocenters. The van der Waals surface area contributed by atoms with Crippen molar-refractivity contribution in [1.82, 2.24) is 9.80 Å². The number of nitrogens with two attached hydrogens (primary N) is 1. The Morgan fingerprint density at radius 1 is 1.50 bits per heavy atom. The zero-order valence-electron chi connectivity index (χ0n) is 11.1. The molecule has 1 aliphatic heterocycles. The summed E-state index contributed by atoms with van der Waals surface area (Å²) in [7, 11) is 4.31. The van der Waals surface area contributed by atoms with Crippen LogP contribution in [0.25, 0.3) is 0 Å². The second-order valence-corrected chi connectivity index (χ2v) is 5.97. The van der Waals surface area contributed by atoms with E-state index in [1.165, 1.54) is 12.8 Å². The molecule has 0 aromatic carbocycles. The Hall–Kier alpha value is -0.360. The van der Waals surface area contributed by atoms with Crippen molar-refractivity contribution in [3.8, 4) is 0 Å². The average Bonchev–Trinajstić information content (AvgIpc) is 2.78. The van der Waals surface area contributed by atoms with Crippen LogP contribution in [-0.4, -0.2) is 49.6 Å². The van der Waals surface area contributed by atoms with E-state index in [2.05, 4.69) is 39.8 Å². The van der Waals surface area contributed by atoms with Crippen LogP contribution >= 0.6 is 15.9 Å². The number of hydrogen-bond acceptors (Lipinski definition) is 4. The monoisotopic (exact) mass is 315 g/mol. The molecule has 4 nitrogen and oxygen atoms in total. The second-order valence-electron chi connectivity index (χ2n) is 5.12. The molecule has 1 aromatic heterocycles. The van der Waals surface area contributed by atoms with Crippen molar-refractivity contribution in [2.24, 2.45) is 5.73 Å². The molecule has 5 heteroatoms. The van der Waals surface area contributed by atoms with Crippen LogP contribution in [-0.2, 0) is 0 Å². The van der Waals surface area contributed by atoms with Crippen LogP contribution in [0.3, 0.4) is 0 Å². The highest BCUT2D eigenvalue weighted by Gasteiger charge is 2.28. The highest BCUT2D eigenvalue weighted by molar-refractivity contribution is 9.10. The van der Waals surface area contributed by atoms with Crippen LogP contribution < -0.4 is 5.73 Å². The molecule has 2 N–H and O–H groups in total. The standard InChI is InChI=1S/C13H22BrN3O/c1-16(2)10-3-6-17(7-4-10)12(9-15)13-11(14)5-8-18-13/h5,8,10,12H,3-4,6-7,9,15H2,1-2H3. The van der Waals surface area contributed by atoms with Gasteiger partial charge in [-0.15, -0.1) is 0 Å². The molecule has 1 atom stereocenters. The lowest BCUT2D eigenvalue weighted by Gasteiger charge is -2.38. The van der Waals surface area contributed by atoms with E-state index in [1.807, 2.05) is 6.07 Å². The Bertz CT molecular complexity index is 372. The Labute approximate surface area is 117 Å². The lowest BCUT2D eigenvalue weighted by Crippen LogP contribution is -2.45. The van der Waals surface area contributed by atoms with E-state index < -0.39 is 0 Å². The predicted octanol–water partition coefficient (Wildman–Crippen LogP) is 2.07. The fourth-order valence-corrected chi connectivity index (χ4v) is 3.14. The van der Waals surface area contributed by atoms with Crippen molar-refractivity contribution in [1.29, 1.82) is 0 Å². The lowest BCUT2D eigenvalue weighted by molar-refractivity contribution is 0.101. The zero-order valence-corrected chi connectivity index (χ0v) is 12.7. The van der Waals surface area contributed by atoms with Crippen LogP contribution in [0, 0.1) is 0 Å². The number of nitrogens with zero attached hydrogens (tertiary/aromatic N) is 2. The zero-order chi connectivity index (χ0) is 13.1. The predicted molar refractivity (Wildman–Crippen MR) is 76.5 cm³/mol. The van der Waals surface area contributed by atoms with Crippen molar-refractivity contribution in [2.45, 2.75) is 24.9 Å². The number of piperidine rings is 1. The molecular weight excluding hydrogens is 294 g/mol. The molecule has 0 aliphatic carbocycles. The molecule has 0 saturated carbocycles. The fourth-order valence-electron chi connectivity index (χ4n) is 2.68. The van der Waals surface area contributed by atoms with E-state index in [1.54, 1.807) is 6.26 Å². The molecule has 0 spiro atoms. The van der Waals surface area contributed by atoms with E-state index in [0.717, 1.165) is 23.3 Å². The molecule has 2 heterocycles. The van der Waals surface area contributed by atoms with Crippen molar-refractivity contribution in [3.05, 3.63) is 22.6 Å². The number of hydrogen-bond donors (Lipinski definition) is 1. The van der Waals surface area contributed by atoms with E-state index >= 15 is 0 Å². The minimum atomic E-state index is 0.192. The topological polar surface area (TPSA) is 45.6 Å². The summed E-state index contributed by atoms with van der Waals surface area (Å²) >= 11 is 3.53. The fraction of sp³-hybridized carbons (Fsp3) is 0.692. The Morgan fingerprint density at radius 2 is 2.17 bits per heavy atom. The molecular formula is C13H22BrN3O. The van der Waals surface area contributed by atoms with Gasteiger partial charge in [-0.1, -0.05) is 0 Å². The van der Waals surface area contributed by atoms with Crippen LogP contribution in [0.15, 0.2) is 21.2 Å². The summed E-state index contributed by atoms with van der Waals surface area (Å²) < 4.78 is 6.59. The summed E-state index contributed by atoms with van der Waals surface area (Å²) in [5.41, 5.74) is 5.93. The van der Waals surface area contributed by atoms with Crippen molar-refractivity contribution in [2.75, 3.05) is 33.7 Å². The van der Waals surface area contributed by atoms with Crippen LogP contribution in [0.4, 0.5) is 0 Å². The molecule has 0 amide bonds. The minimum absolute atomic E-state index is 0.192. The van der Waals surface area contributed by atoms with Gasteiger partial charge in [0.05, 0.1) is 16.8 Å². The first-order valence-corrected chi connectivity index (χ1v) is 7.26. The maximum Gasteiger partial charge on any atom is 0.136 e. The molecule has 0 bridgehead atoms. The van der Waals surface area contributed by atoms with Crippen molar-refractivity contribution < 1.29 is 4.42 Å². The molecule has 102 valence electrons. The quantitative estimate of drug-likeness (QED) is 0.924. The van der Waals surface area contributed by atoms with Crippen LogP contribution in [0.2, 0.25) is 0 Å². The van der Waals surface area contributed by atoms with Gasteiger partial charge in [0.15, 0.2) is 0 Å². The van der Waals surface area contributed by atoms with Gasteiger partial charge < -0.3 is 15.1 Å². The third kappa shape index (κ3) is 2.96. The van der Waals surface area contributed by atoms with E-state index in [-0.39, 0.29) is 6.04 Å². The average molecular weight is 316 g/mol. The third-order valence-corrected chi connectivity index (χ3v) is 4.50. The van der Waals surface area contributed by atoms with Gasteiger partial charge >= 0.3 is 0 Å². The number of likely N-dealkylation sites (tertiary alicyclic amines) is 1. The van der Waals surface area contributed by atoms with Gasteiger partial charge in [-0.2, -0.15) is 0 Å². The van der Waals surface area contributed by atoms with Gasteiger partial charge in [0.1, 0.15) is 5.76 Å². The van der Waals surface area contributed by atoms with Gasteiger partial charge in [-0.3, -0.25) is 4.90 Å². The first-order chi connectivity index (χ1) is 8.63.